The minimum absolute atomic E-state index is 0. The molecule has 11 heavy (non-hydrogen) atoms. The van der Waals surface area contributed by atoms with Gasteiger partial charge in [-0.15, -0.1) is 0 Å². The summed E-state index contributed by atoms with van der Waals surface area (Å²) in [5.41, 5.74) is 0. The van der Waals surface area contributed by atoms with Crippen molar-refractivity contribution in [3.05, 3.63) is 29.3 Å². The maximum Gasteiger partial charge on any atom is 1.00 e. The first kappa shape index (κ1) is 11.2. The molecule has 0 aliphatic rings. The zero-order chi connectivity index (χ0) is 7.56. The van der Waals surface area contributed by atoms with Crippen LogP contribution in [0.3, 0.4) is 0 Å². The van der Waals surface area contributed by atoms with Crippen LogP contribution >= 0.6 is 11.6 Å². The van der Waals surface area contributed by atoms with Crippen LogP contribution in [0.4, 0.5) is 0 Å². The topological polar surface area (TPSA) is 40.1 Å². The van der Waals surface area contributed by atoms with Crippen molar-refractivity contribution < 1.29 is 27.6 Å². The van der Waals surface area contributed by atoms with Gasteiger partial charge in [-0.1, -0.05) is 11.6 Å². The summed E-state index contributed by atoms with van der Waals surface area (Å²) in [6.45, 7) is 0. The van der Waals surface area contributed by atoms with Crippen LogP contribution in [0, 0.1) is 0 Å². The van der Waals surface area contributed by atoms with E-state index in [1.807, 2.05) is 0 Å². The largest absolute Gasteiger partial charge is 1.00 e. The normalized spacial score (nSPS) is 11.8. The molecule has 2 nitrogen and oxygen atoms in total. The van der Waals surface area contributed by atoms with Gasteiger partial charge in [0.1, 0.15) is 0 Å². The zero-order valence-electron chi connectivity index (χ0n) is 5.91. The van der Waals surface area contributed by atoms with Crippen molar-refractivity contribution in [2.24, 2.45) is 0 Å². The number of benzene rings is 1. The van der Waals surface area contributed by atoms with Crippen LogP contribution < -0.4 is 18.9 Å². The van der Waals surface area contributed by atoms with Gasteiger partial charge in [0.15, 0.2) is 0 Å². The molecule has 1 atom stereocenters. The fourth-order valence-corrected chi connectivity index (χ4v) is 1.03. The van der Waals surface area contributed by atoms with E-state index in [2.05, 4.69) is 0 Å². The maximum absolute atomic E-state index is 10.3. The molecule has 5 heteroatoms. The molecule has 0 heterocycles. The van der Waals surface area contributed by atoms with Crippen molar-refractivity contribution in [1.82, 2.24) is 0 Å². The third-order valence-electron chi connectivity index (χ3n) is 1.01. The molecule has 0 saturated carbocycles. The molecule has 1 unspecified atom stereocenters. The van der Waals surface area contributed by atoms with Crippen LogP contribution in [0.1, 0.15) is 0 Å². The Morgan fingerprint density at radius 3 is 2.09 bits per heavy atom. The summed E-state index contributed by atoms with van der Waals surface area (Å²) in [6.07, 6.45) is 0. The molecule has 0 aromatic heterocycles. The first-order chi connectivity index (χ1) is 4.70. The maximum atomic E-state index is 10.3. The SMILES string of the molecule is O=S([O-])c1ccc(Cl)cc1.[Li+]. The molecular weight excluding hydrogens is 179 g/mol. The van der Waals surface area contributed by atoms with Gasteiger partial charge in [-0.25, -0.2) is 0 Å². The molecule has 0 radical (unpaired) electrons. The standard InChI is InChI=1S/C6H5ClO2S.Li/c7-5-1-3-6(4-2-5)10(8)9;/h1-4H,(H,8,9);/q;+1/p-1. The van der Waals surface area contributed by atoms with E-state index in [-0.39, 0.29) is 23.8 Å². The summed E-state index contributed by atoms with van der Waals surface area (Å²) >= 11 is 3.37. The molecule has 0 bridgehead atoms. The Balaban J connectivity index is 0.000001000. The predicted molar refractivity (Wildman–Crippen MR) is 38.6 cm³/mol. The van der Waals surface area contributed by atoms with Crippen molar-refractivity contribution in [3.63, 3.8) is 0 Å². The van der Waals surface area contributed by atoms with E-state index in [9.17, 15) is 8.76 Å². The van der Waals surface area contributed by atoms with E-state index < -0.39 is 11.1 Å². The van der Waals surface area contributed by atoms with E-state index in [1.165, 1.54) is 24.3 Å². The monoisotopic (exact) mass is 182 g/mol. The summed E-state index contributed by atoms with van der Waals surface area (Å²) in [5, 5.41) is 0.536. The number of hydrogen-bond donors (Lipinski definition) is 0. The predicted octanol–water partition coefficient (Wildman–Crippen LogP) is -1.42. The molecule has 0 aliphatic heterocycles. The Bertz CT molecular complexity index is 249. The summed E-state index contributed by atoms with van der Waals surface area (Å²) in [6, 6.07) is 5.97. The van der Waals surface area contributed by atoms with Crippen molar-refractivity contribution in [3.8, 4) is 0 Å². The third kappa shape index (κ3) is 3.41. The average molecular weight is 183 g/mol. The summed E-state index contributed by atoms with van der Waals surface area (Å²) < 4.78 is 20.5. The van der Waals surface area contributed by atoms with Crippen molar-refractivity contribution >= 4 is 22.7 Å². The van der Waals surface area contributed by atoms with Crippen LogP contribution in [0.2, 0.25) is 5.02 Å². The van der Waals surface area contributed by atoms with Crippen LogP contribution in [0.25, 0.3) is 0 Å². The fraction of sp³-hybridized carbons (Fsp3) is 0. The van der Waals surface area contributed by atoms with Gasteiger partial charge in [-0.05, 0) is 35.3 Å². The molecule has 0 N–H and O–H groups in total. The second kappa shape index (κ2) is 4.97. The van der Waals surface area contributed by atoms with Crippen LogP contribution in [0.15, 0.2) is 29.2 Å². The smallest absolute Gasteiger partial charge is 0.768 e. The van der Waals surface area contributed by atoms with E-state index in [0.717, 1.165) is 0 Å². The van der Waals surface area contributed by atoms with Crippen LogP contribution in [-0.2, 0) is 11.1 Å². The molecule has 0 saturated heterocycles. The Morgan fingerprint density at radius 1 is 1.27 bits per heavy atom. The Morgan fingerprint density at radius 2 is 1.73 bits per heavy atom. The van der Waals surface area contributed by atoms with Gasteiger partial charge < -0.3 is 4.55 Å². The molecular formula is C6H4ClLiO2S. The fourth-order valence-electron chi connectivity index (χ4n) is 0.546. The molecule has 1 rings (SSSR count). The zero-order valence-corrected chi connectivity index (χ0v) is 7.48. The van der Waals surface area contributed by atoms with Crippen LogP contribution in [-0.4, -0.2) is 8.76 Å². The molecule has 0 spiro atoms. The molecule has 54 valence electrons. The average Bonchev–Trinajstić information content (AvgIpc) is 1.88. The molecule has 0 fully saturated rings. The minimum atomic E-state index is -2.15. The number of hydrogen-bond acceptors (Lipinski definition) is 2. The van der Waals surface area contributed by atoms with E-state index in [1.54, 1.807) is 0 Å². The van der Waals surface area contributed by atoms with Crippen LogP contribution in [0.5, 0.6) is 0 Å². The molecule has 0 amide bonds. The van der Waals surface area contributed by atoms with Gasteiger partial charge >= 0.3 is 18.9 Å². The summed E-state index contributed by atoms with van der Waals surface area (Å²) in [5.74, 6) is 0. The van der Waals surface area contributed by atoms with Gasteiger partial charge in [0, 0.05) is 9.92 Å². The second-order valence-corrected chi connectivity index (χ2v) is 3.07. The molecule has 0 aliphatic carbocycles. The quantitative estimate of drug-likeness (QED) is 0.395. The molecule has 1 aromatic carbocycles. The second-order valence-electron chi connectivity index (χ2n) is 1.69. The van der Waals surface area contributed by atoms with E-state index in [0.29, 0.717) is 5.02 Å². The Labute approximate surface area is 84.4 Å². The van der Waals surface area contributed by atoms with Crippen molar-refractivity contribution in [2.45, 2.75) is 4.90 Å². The third-order valence-corrected chi connectivity index (χ3v) is 1.92. The minimum Gasteiger partial charge on any atom is -0.768 e. The van der Waals surface area contributed by atoms with Gasteiger partial charge in [-0.3, -0.25) is 4.21 Å². The summed E-state index contributed by atoms with van der Waals surface area (Å²) in [4.78, 5) is 0.254. The van der Waals surface area contributed by atoms with E-state index >= 15 is 0 Å². The van der Waals surface area contributed by atoms with Crippen molar-refractivity contribution in [2.75, 3.05) is 0 Å². The van der Waals surface area contributed by atoms with Gasteiger partial charge in [-0.2, -0.15) is 0 Å². The first-order valence-corrected chi connectivity index (χ1v) is 4.00. The Kier molecular flexibility index (Phi) is 5.07. The first-order valence-electron chi connectivity index (χ1n) is 2.55. The van der Waals surface area contributed by atoms with Gasteiger partial charge in [0.05, 0.1) is 0 Å². The van der Waals surface area contributed by atoms with Gasteiger partial charge in [0.2, 0.25) is 0 Å². The number of halogens is 1. The Hall–Kier alpha value is 0.217. The van der Waals surface area contributed by atoms with Gasteiger partial charge in [0.25, 0.3) is 0 Å². The van der Waals surface area contributed by atoms with E-state index in [4.69, 9.17) is 11.6 Å². The van der Waals surface area contributed by atoms with Crippen molar-refractivity contribution in [1.29, 1.82) is 0 Å². The number of rotatable bonds is 1. The summed E-state index contributed by atoms with van der Waals surface area (Å²) in [7, 11) is 0. The molecule has 1 aromatic rings.